The molecule has 0 aromatic heterocycles. The van der Waals surface area contributed by atoms with E-state index in [0.29, 0.717) is 36.8 Å². The van der Waals surface area contributed by atoms with Crippen LogP contribution in [-0.4, -0.2) is 30.1 Å². The molecule has 0 radical (unpaired) electrons. The van der Waals surface area contributed by atoms with E-state index in [0.717, 1.165) is 9.79 Å². The maximum Gasteiger partial charge on any atom is 0.308 e. The maximum absolute atomic E-state index is 12.1. The van der Waals surface area contributed by atoms with Crippen LogP contribution in [0, 0.1) is 10.1 Å². The van der Waals surface area contributed by atoms with Crippen molar-refractivity contribution in [2.45, 2.75) is 50.3 Å². The van der Waals surface area contributed by atoms with Crippen molar-refractivity contribution in [3.8, 4) is 23.0 Å². The largest absolute Gasteiger partial charge is 0.486 e. The highest BCUT2D eigenvalue weighted by atomic mass is 32.2. The van der Waals surface area contributed by atoms with Gasteiger partial charge in [-0.3, -0.25) is 19.7 Å². The lowest BCUT2D eigenvalue weighted by molar-refractivity contribution is -0.384. The molecule has 0 bridgehead atoms. The predicted molar refractivity (Wildman–Crippen MR) is 135 cm³/mol. The third kappa shape index (κ3) is 6.45. The van der Waals surface area contributed by atoms with E-state index in [4.69, 9.17) is 18.9 Å². The van der Waals surface area contributed by atoms with Crippen molar-refractivity contribution < 1.29 is 33.5 Å². The second-order valence-electron chi connectivity index (χ2n) is 7.76. The van der Waals surface area contributed by atoms with Crippen LogP contribution >= 0.6 is 11.8 Å². The Bertz CT molecular complexity index is 1270. The Morgan fingerprint density at radius 2 is 1.28 bits per heavy atom. The molecule has 9 nitrogen and oxygen atoms in total. The number of fused-ring (bicyclic) bond motifs is 1. The lowest BCUT2D eigenvalue weighted by Gasteiger charge is -2.21. The Morgan fingerprint density at radius 1 is 0.778 bits per heavy atom. The monoisotopic (exact) mass is 513 g/mol. The number of benzene rings is 3. The Hall–Kier alpha value is -3.79. The SMILES string of the molecule is CCCOc1c(OCCC)c(OC(C)=O)c2cc(Sc3ccc([N+](=O)[O-])cc3)ccc2c1OC(C)=O. The summed E-state index contributed by atoms with van der Waals surface area (Å²) in [6, 6.07) is 11.5. The van der Waals surface area contributed by atoms with E-state index in [-0.39, 0.29) is 28.7 Å². The molecule has 3 aromatic carbocycles. The first-order valence-electron chi connectivity index (χ1n) is 11.4. The van der Waals surface area contributed by atoms with Crippen LogP contribution in [-0.2, 0) is 9.59 Å². The number of hydrogen-bond donors (Lipinski definition) is 0. The molecule has 3 aromatic rings. The summed E-state index contributed by atoms with van der Waals surface area (Å²) in [6.07, 6.45) is 1.38. The zero-order valence-electron chi connectivity index (χ0n) is 20.5. The summed E-state index contributed by atoms with van der Waals surface area (Å²) >= 11 is 1.37. The summed E-state index contributed by atoms with van der Waals surface area (Å²) in [7, 11) is 0. The summed E-state index contributed by atoms with van der Waals surface area (Å²) in [5.74, 6) is -0.364. The molecule has 0 saturated heterocycles. The third-order valence-corrected chi connectivity index (χ3v) is 5.77. The molecule has 0 unspecified atom stereocenters. The number of nitro benzene ring substituents is 1. The number of nitrogens with zero attached hydrogens (tertiary/aromatic N) is 1. The highest BCUT2D eigenvalue weighted by molar-refractivity contribution is 7.99. The van der Waals surface area contributed by atoms with Gasteiger partial charge in [0.25, 0.3) is 5.69 Å². The summed E-state index contributed by atoms with van der Waals surface area (Å²) in [5.41, 5.74) is -0.00153. The second-order valence-corrected chi connectivity index (χ2v) is 8.91. The molecule has 10 heteroatoms. The van der Waals surface area contributed by atoms with Gasteiger partial charge in [-0.25, -0.2) is 0 Å². The van der Waals surface area contributed by atoms with E-state index in [1.165, 1.54) is 37.7 Å². The molecule has 0 saturated carbocycles. The quantitative estimate of drug-likeness (QED) is 0.126. The summed E-state index contributed by atoms with van der Waals surface area (Å²) in [4.78, 5) is 36.1. The average molecular weight is 514 g/mol. The number of esters is 2. The molecule has 36 heavy (non-hydrogen) atoms. The lowest BCUT2D eigenvalue weighted by Crippen LogP contribution is -2.11. The minimum absolute atomic E-state index is 0.00153. The molecule has 0 spiro atoms. The third-order valence-electron chi connectivity index (χ3n) is 4.77. The zero-order valence-corrected chi connectivity index (χ0v) is 21.3. The Morgan fingerprint density at radius 3 is 1.75 bits per heavy atom. The van der Waals surface area contributed by atoms with Gasteiger partial charge in [-0.15, -0.1) is 0 Å². The van der Waals surface area contributed by atoms with Crippen LogP contribution in [0.15, 0.2) is 52.3 Å². The standard InChI is InChI=1S/C26H27NO8S/c1-5-13-32-25-23(34-16(3)28)21-12-11-20(36-19-9-7-18(8-10-19)27(30)31)15-22(21)24(35-17(4)29)26(25)33-14-6-2/h7-12,15H,5-6,13-14H2,1-4H3. The van der Waals surface area contributed by atoms with Crippen molar-refractivity contribution in [1.82, 2.24) is 0 Å². The number of nitro groups is 1. The van der Waals surface area contributed by atoms with Gasteiger partial charge in [0.2, 0.25) is 11.5 Å². The number of carbonyl (C=O) groups is 2. The van der Waals surface area contributed by atoms with E-state index in [1.54, 1.807) is 24.3 Å². The van der Waals surface area contributed by atoms with E-state index < -0.39 is 16.9 Å². The number of carbonyl (C=O) groups excluding carboxylic acids is 2. The molecule has 0 heterocycles. The number of rotatable bonds is 11. The zero-order chi connectivity index (χ0) is 26.2. The second kappa shape index (κ2) is 12.3. The van der Waals surface area contributed by atoms with Crippen molar-refractivity contribution in [2.24, 2.45) is 0 Å². The first-order valence-corrected chi connectivity index (χ1v) is 12.2. The van der Waals surface area contributed by atoms with E-state index in [9.17, 15) is 19.7 Å². The summed E-state index contributed by atoms with van der Waals surface area (Å²) in [5, 5.41) is 11.9. The van der Waals surface area contributed by atoms with Crippen LogP contribution < -0.4 is 18.9 Å². The van der Waals surface area contributed by atoms with Gasteiger partial charge in [0, 0.05) is 46.5 Å². The van der Waals surface area contributed by atoms with Gasteiger partial charge in [0.05, 0.1) is 18.1 Å². The van der Waals surface area contributed by atoms with Crippen LogP contribution in [0.4, 0.5) is 5.69 Å². The van der Waals surface area contributed by atoms with Crippen LogP contribution in [0.25, 0.3) is 10.8 Å². The molecule has 0 N–H and O–H groups in total. The van der Waals surface area contributed by atoms with Crippen molar-refractivity contribution >= 4 is 40.2 Å². The minimum Gasteiger partial charge on any atom is -0.486 e. The Balaban J connectivity index is 2.23. The Labute approximate surface area is 212 Å². The van der Waals surface area contributed by atoms with Crippen LogP contribution in [0.1, 0.15) is 40.5 Å². The first-order chi connectivity index (χ1) is 17.2. The van der Waals surface area contributed by atoms with Gasteiger partial charge in [0.1, 0.15) is 0 Å². The maximum atomic E-state index is 12.1. The molecular weight excluding hydrogens is 486 g/mol. The molecule has 190 valence electrons. The van der Waals surface area contributed by atoms with Gasteiger partial charge in [-0.1, -0.05) is 25.6 Å². The topological polar surface area (TPSA) is 114 Å². The predicted octanol–water partition coefficient (Wildman–Crippen LogP) is 6.33. The molecule has 0 amide bonds. The summed E-state index contributed by atoms with van der Waals surface area (Å²) < 4.78 is 23.1. The molecular formula is C26H27NO8S. The summed E-state index contributed by atoms with van der Waals surface area (Å²) in [6.45, 7) is 7.10. The van der Waals surface area contributed by atoms with Crippen LogP contribution in [0.5, 0.6) is 23.0 Å². The highest BCUT2D eigenvalue weighted by Gasteiger charge is 2.27. The van der Waals surface area contributed by atoms with E-state index in [2.05, 4.69) is 0 Å². The molecule has 0 aliphatic rings. The first kappa shape index (κ1) is 26.8. The molecule has 0 fully saturated rings. The average Bonchev–Trinajstić information content (AvgIpc) is 2.83. The van der Waals surface area contributed by atoms with Crippen molar-refractivity contribution in [3.05, 3.63) is 52.6 Å². The fourth-order valence-electron chi connectivity index (χ4n) is 3.36. The smallest absolute Gasteiger partial charge is 0.308 e. The fraction of sp³-hybridized carbons (Fsp3) is 0.308. The van der Waals surface area contributed by atoms with Crippen molar-refractivity contribution in [2.75, 3.05) is 13.2 Å². The van der Waals surface area contributed by atoms with Gasteiger partial charge in [-0.2, -0.15) is 0 Å². The number of hydrogen-bond acceptors (Lipinski definition) is 9. The van der Waals surface area contributed by atoms with Crippen molar-refractivity contribution in [3.63, 3.8) is 0 Å². The number of ether oxygens (including phenoxy) is 4. The Kier molecular flexibility index (Phi) is 9.13. The van der Waals surface area contributed by atoms with Gasteiger partial charge in [-0.05, 0) is 43.2 Å². The lowest BCUT2D eigenvalue weighted by atomic mass is 10.1. The van der Waals surface area contributed by atoms with Gasteiger partial charge in [0.15, 0.2) is 11.5 Å². The van der Waals surface area contributed by atoms with Crippen LogP contribution in [0.2, 0.25) is 0 Å². The van der Waals surface area contributed by atoms with Gasteiger partial charge >= 0.3 is 11.9 Å². The van der Waals surface area contributed by atoms with E-state index >= 15 is 0 Å². The molecule has 0 atom stereocenters. The highest BCUT2D eigenvalue weighted by Crippen LogP contribution is 2.52. The normalized spacial score (nSPS) is 10.7. The number of non-ortho nitro benzene ring substituents is 1. The minimum atomic E-state index is -0.548. The fourth-order valence-corrected chi connectivity index (χ4v) is 4.21. The van der Waals surface area contributed by atoms with Crippen molar-refractivity contribution in [1.29, 1.82) is 0 Å². The molecule has 0 aliphatic carbocycles. The van der Waals surface area contributed by atoms with Gasteiger partial charge < -0.3 is 18.9 Å². The molecule has 0 aliphatic heterocycles. The van der Waals surface area contributed by atoms with E-state index in [1.807, 2.05) is 19.9 Å². The van der Waals surface area contributed by atoms with Crippen LogP contribution in [0.3, 0.4) is 0 Å². The molecule has 3 rings (SSSR count).